The fraction of sp³-hybridized carbons (Fsp3) is 0.333. The van der Waals surface area contributed by atoms with Crippen molar-refractivity contribution >= 4 is 27.7 Å². The molecule has 2 aromatic rings. The van der Waals surface area contributed by atoms with Gasteiger partial charge in [-0.1, -0.05) is 18.2 Å². The summed E-state index contributed by atoms with van der Waals surface area (Å²) >= 11 is 0. The van der Waals surface area contributed by atoms with Gasteiger partial charge in [0.15, 0.2) is 0 Å². The third-order valence-electron chi connectivity index (χ3n) is 2.62. The van der Waals surface area contributed by atoms with Gasteiger partial charge < -0.3 is 5.11 Å². The van der Waals surface area contributed by atoms with Crippen LogP contribution in [0.25, 0.3) is 10.9 Å². The summed E-state index contributed by atoms with van der Waals surface area (Å²) in [6, 6.07) is 7.69. The van der Waals surface area contributed by atoms with E-state index in [4.69, 9.17) is 5.11 Å². The maximum atomic E-state index is 11.6. The number of carboxylic acid groups (broad SMARTS) is 1. The number of hydrogen-bond donors (Lipinski definition) is 1. The minimum absolute atomic E-state index is 0.180. The zero-order valence-corrected chi connectivity index (χ0v) is 10.8. The quantitative estimate of drug-likeness (QED) is 0.887. The molecule has 1 atom stereocenters. The second-order valence-electron chi connectivity index (χ2n) is 3.90. The highest BCUT2D eigenvalue weighted by Crippen LogP contribution is 2.19. The van der Waals surface area contributed by atoms with Gasteiger partial charge in [-0.25, -0.2) is 0 Å². The van der Waals surface area contributed by atoms with Gasteiger partial charge in [-0.3, -0.25) is 13.7 Å². The number of para-hydroxylation sites is 1. The Morgan fingerprint density at radius 3 is 2.83 bits per heavy atom. The molecule has 0 saturated carbocycles. The third-order valence-corrected chi connectivity index (χ3v) is 3.78. The van der Waals surface area contributed by atoms with Crippen molar-refractivity contribution in [3.63, 3.8) is 0 Å². The Labute approximate surface area is 107 Å². The first-order valence-electron chi connectivity index (χ1n) is 5.63. The number of rotatable bonds is 5. The van der Waals surface area contributed by atoms with Gasteiger partial charge in [0.05, 0.1) is 17.0 Å². The van der Waals surface area contributed by atoms with Gasteiger partial charge in [0, 0.05) is 22.7 Å². The van der Waals surface area contributed by atoms with Crippen molar-refractivity contribution in [3.05, 3.63) is 30.0 Å². The average molecular weight is 266 g/mol. The van der Waals surface area contributed by atoms with Crippen LogP contribution in [0.5, 0.6) is 0 Å². The van der Waals surface area contributed by atoms with Crippen LogP contribution in [-0.4, -0.2) is 30.8 Å². The van der Waals surface area contributed by atoms with Crippen LogP contribution in [0, 0.1) is 0 Å². The van der Waals surface area contributed by atoms with Crippen molar-refractivity contribution in [1.82, 2.24) is 9.78 Å². The molecule has 0 spiro atoms. The first kappa shape index (κ1) is 12.8. The van der Waals surface area contributed by atoms with Crippen LogP contribution < -0.4 is 0 Å². The van der Waals surface area contributed by atoms with E-state index in [0.29, 0.717) is 5.69 Å². The van der Waals surface area contributed by atoms with E-state index >= 15 is 0 Å². The largest absolute Gasteiger partial charge is 0.481 e. The molecule has 6 heteroatoms. The predicted octanol–water partition coefficient (Wildman–Crippen LogP) is 1.39. The summed E-state index contributed by atoms with van der Waals surface area (Å²) in [6.07, 6.45) is 0. The Hall–Kier alpha value is -1.69. The average Bonchev–Trinajstić information content (AvgIpc) is 2.67. The summed E-state index contributed by atoms with van der Waals surface area (Å²) in [5.74, 6) is -1.21. The molecule has 0 radical (unpaired) electrons. The second kappa shape index (κ2) is 5.30. The highest BCUT2D eigenvalue weighted by Gasteiger charge is 2.13. The summed E-state index contributed by atoms with van der Waals surface area (Å²) in [7, 11) is -1.42. The SMILES string of the molecule is CCn1nc(CS(=O)CC(=O)O)c2ccccc21. The second-order valence-corrected chi connectivity index (χ2v) is 5.36. The van der Waals surface area contributed by atoms with Gasteiger partial charge in [0.1, 0.15) is 5.75 Å². The Kier molecular flexibility index (Phi) is 3.76. The number of benzene rings is 1. The molecular weight excluding hydrogens is 252 g/mol. The standard InChI is InChI=1S/C12H14N2O3S/c1-2-14-11-6-4-3-5-9(11)10(13-14)7-18(17)8-12(15)16/h3-6H,2,7-8H2,1H3,(H,15,16). The number of carboxylic acids is 1. The molecule has 0 bridgehead atoms. The topological polar surface area (TPSA) is 72.2 Å². The molecule has 1 heterocycles. The number of aryl methyl sites for hydroxylation is 1. The number of fused-ring (bicyclic) bond motifs is 1. The van der Waals surface area contributed by atoms with Crippen LogP contribution in [0.3, 0.4) is 0 Å². The summed E-state index contributed by atoms with van der Waals surface area (Å²) in [5, 5.41) is 13.9. The lowest BCUT2D eigenvalue weighted by atomic mass is 10.2. The van der Waals surface area contributed by atoms with E-state index in [-0.39, 0.29) is 11.5 Å². The molecule has 0 aliphatic carbocycles. The van der Waals surface area contributed by atoms with Crippen molar-refractivity contribution in [2.45, 2.75) is 19.2 Å². The highest BCUT2D eigenvalue weighted by molar-refractivity contribution is 7.84. The lowest BCUT2D eigenvalue weighted by Gasteiger charge is -1.96. The Morgan fingerprint density at radius 2 is 2.17 bits per heavy atom. The first-order valence-corrected chi connectivity index (χ1v) is 7.11. The lowest BCUT2D eigenvalue weighted by Crippen LogP contribution is -2.11. The van der Waals surface area contributed by atoms with Gasteiger partial charge >= 0.3 is 5.97 Å². The third kappa shape index (κ3) is 2.59. The maximum Gasteiger partial charge on any atom is 0.316 e. The minimum atomic E-state index is -1.42. The molecule has 1 unspecified atom stereocenters. The number of nitrogens with zero attached hydrogens (tertiary/aromatic N) is 2. The first-order chi connectivity index (χ1) is 8.61. The van der Waals surface area contributed by atoms with Gasteiger partial charge in [-0.2, -0.15) is 5.10 Å². The molecule has 0 saturated heterocycles. The van der Waals surface area contributed by atoms with Crippen LogP contribution in [0.2, 0.25) is 0 Å². The number of aromatic nitrogens is 2. The van der Waals surface area contributed by atoms with E-state index in [1.165, 1.54) is 0 Å². The fourth-order valence-corrected chi connectivity index (χ4v) is 2.78. The summed E-state index contributed by atoms with van der Waals surface area (Å²) < 4.78 is 13.5. The van der Waals surface area contributed by atoms with Crippen LogP contribution in [0.4, 0.5) is 0 Å². The van der Waals surface area contributed by atoms with Gasteiger partial charge in [-0.15, -0.1) is 0 Å². The molecule has 5 nitrogen and oxygen atoms in total. The lowest BCUT2D eigenvalue weighted by molar-refractivity contribution is -0.133. The van der Waals surface area contributed by atoms with Crippen LogP contribution >= 0.6 is 0 Å². The van der Waals surface area contributed by atoms with E-state index in [2.05, 4.69) is 5.10 Å². The highest BCUT2D eigenvalue weighted by atomic mass is 32.2. The molecule has 1 aromatic heterocycles. The molecule has 0 aliphatic heterocycles. The summed E-state index contributed by atoms with van der Waals surface area (Å²) in [5.41, 5.74) is 1.69. The van der Waals surface area contributed by atoms with Gasteiger partial charge in [0.25, 0.3) is 0 Å². The zero-order valence-electron chi connectivity index (χ0n) is 10.00. The van der Waals surface area contributed by atoms with Crippen LogP contribution in [0.1, 0.15) is 12.6 Å². The number of hydrogen-bond acceptors (Lipinski definition) is 3. The van der Waals surface area contributed by atoms with E-state index in [0.717, 1.165) is 17.4 Å². The Balaban J connectivity index is 2.33. The normalized spacial score (nSPS) is 12.7. The molecule has 96 valence electrons. The summed E-state index contributed by atoms with van der Waals surface area (Å²) in [6.45, 7) is 2.71. The van der Waals surface area contributed by atoms with Crippen molar-refractivity contribution in [2.75, 3.05) is 5.75 Å². The van der Waals surface area contributed by atoms with Gasteiger partial charge in [0.2, 0.25) is 0 Å². The van der Waals surface area contributed by atoms with E-state index in [1.54, 1.807) is 0 Å². The van der Waals surface area contributed by atoms with Gasteiger partial charge in [-0.05, 0) is 13.0 Å². The van der Waals surface area contributed by atoms with E-state index in [9.17, 15) is 9.00 Å². The molecule has 0 amide bonds. The number of carbonyl (C=O) groups is 1. The molecule has 1 N–H and O–H groups in total. The molecule has 2 rings (SSSR count). The fourth-order valence-electron chi connectivity index (χ4n) is 1.89. The molecule has 18 heavy (non-hydrogen) atoms. The maximum absolute atomic E-state index is 11.6. The molecule has 1 aromatic carbocycles. The Morgan fingerprint density at radius 1 is 1.44 bits per heavy atom. The smallest absolute Gasteiger partial charge is 0.316 e. The molecule has 0 aliphatic rings. The van der Waals surface area contributed by atoms with Crippen molar-refractivity contribution in [2.24, 2.45) is 0 Å². The van der Waals surface area contributed by atoms with E-state index in [1.807, 2.05) is 35.9 Å². The molecular formula is C12H14N2O3S. The van der Waals surface area contributed by atoms with Crippen LogP contribution in [0.15, 0.2) is 24.3 Å². The summed E-state index contributed by atoms with van der Waals surface area (Å²) in [4.78, 5) is 10.5. The zero-order chi connectivity index (χ0) is 13.1. The van der Waals surface area contributed by atoms with Crippen molar-refractivity contribution < 1.29 is 14.1 Å². The Bertz CT molecular complexity index is 606. The minimum Gasteiger partial charge on any atom is -0.481 e. The van der Waals surface area contributed by atoms with Crippen molar-refractivity contribution in [3.8, 4) is 0 Å². The predicted molar refractivity (Wildman–Crippen MR) is 69.8 cm³/mol. The van der Waals surface area contributed by atoms with Crippen LogP contribution in [-0.2, 0) is 27.9 Å². The number of aliphatic carboxylic acids is 1. The monoisotopic (exact) mass is 266 g/mol. The molecule has 0 fully saturated rings. The van der Waals surface area contributed by atoms with E-state index < -0.39 is 16.8 Å². The van der Waals surface area contributed by atoms with Crippen molar-refractivity contribution in [1.29, 1.82) is 0 Å².